The summed E-state index contributed by atoms with van der Waals surface area (Å²) < 4.78 is 4.98. The Hall–Kier alpha value is -0.900. The Bertz CT molecular complexity index is 246. The zero-order valence-electron chi connectivity index (χ0n) is 8.49. The highest BCUT2D eigenvalue weighted by atomic mass is 16.5. The molecule has 0 aliphatic heterocycles. The first-order chi connectivity index (χ1) is 6.86. The summed E-state index contributed by atoms with van der Waals surface area (Å²) in [6.07, 6.45) is 2.09. The van der Waals surface area contributed by atoms with Crippen LogP contribution in [0.3, 0.4) is 0 Å². The van der Waals surface area contributed by atoms with E-state index in [2.05, 4.69) is 17.6 Å². The number of hydroxylamine groups is 1. The molecule has 1 rings (SSSR count). The summed E-state index contributed by atoms with van der Waals surface area (Å²) in [6.45, 7) is 1.30. The molecule has 0 saturated heterocycles. The molecule has 0 aromatic heterocycles. The van der Waals surface area contributed by atoms with Crippen LogP contribution in [-0.2, 0) is 17.7 Å². The molecule has 0 aliphatic carbocycles. The predicted octanol–water partition coefficient (Wildman–Crippen LogP) is 1.74. The van der Waals surface area contributed by atoms with E-state index < -0.39 is 0 Å². The molecule has 78 valence electrons. The lowest BCUT2D eigenvalue weighted by Gasteiger charge is -2.03. The van der Waals surface area contributed by atoms with Crippen molar-refractivity contribution >= 4 is 0 Å². The molecule has 1 aromatic carbocycles. The Balaban J connectivity index is 2.38. The van der Waals surface area contributed by atoms with Crippen molar-refractivity contribution in [3.05, 3.63) is 35.4 Å². The molecule has 2 N–H and O–H groups in total. The van der Waals surface area contributed by atoms with Gasteiger partial charge in [-0.3, -0.25) is 0 Å². The van der Waals surface area contributed by atoms with Gasteiger partial charge in [0.05, 0.1) is 0 Å². The van der Waals surface area contributed by atoms with Gasteiger partial charge in [0, 0.05) is 20.3 Å². The first kappa shape index (κ1) is 11.2. The van der Waals surface area contributed by atoms with Gasteiger partial charge in [-0.1, -0.05) is 24.3 Å². The Morgan fingerprint density at radius 3 is 2.43 bits per heavy atom. The zero-order chi connectivity index (χ0) is 10.2. The average Bonchev–Trinajstić information content (AvgIpc) is 2.21. The van der Waals surface area contributed by atoms with E-state index in [0.29, 0.717) is 6.54 Å². The number of hydrogen-bond acceptors (Lipinski definition) is 3. The molecule has 0 bridgehead atoms. The number of nitrogens with one attached hydrogen (secondary N) is 1. The molecule has 14 heavy (non-hydrogen) atoms. The summed E-state index contributed by atoms with van der Waals surface area (Å²) in [4.78, 5) is 0. The lowest BCUT2D eigenvalue weighted by atomic mass is 10.1. The molecule has 0 amide bonds. The second-order valence-electron chi connectivity index (χ2n) is 3.25. The summed E-state index contributed by atoms with van der Waals surface area (Å²) in [6, 6.07) is 8.21. The normalized spacial score (nSPS) is 10.4. The zero-order valence-corrected chi connectivity index (χ0v) is 8.49. The molecule has 0 spiro atoms. The Morgan fingerprint density at radius 1 is 1.21 bits per heavy atom. The van der Waals surface area contributed by atoms with Gasteiger partial charge in [0.2, 0.25) is 0 Å². The van der Waals surface area contributed by atoms with Crippen molar-refractivity contribution in [3.8, 4) is 0 Å². The van der Waals surface area contributed by atoms with Crippen molar-refractivity contribution in [3.63, 3.8) is 0 Å². The van der Waals surface area contributed by atoms with Gasteiger partial charge in [0.1, 0.15) is 0 Å². The van der Waals surface area contributed by atoms with Crippen LogP contribution in [0, 0.1) is 0 Å². The number of rotatable bonds is 6. The first-order valence-corrected chi connectivity index (χ1v) is 4.80. The Kier molecular flexibility index (Phi) is 5.22. The van der Waals surface area contributed by atoms with Crippen LogP contribution in [0.1, 0.15) is 17.5 Å². The Morgan fingerprint density at radius 2 is 1.86 bits per heavy atom. The van der Waals surface area contributed by atoms with Crippen LogP contribution >= 0.6 is 0 Å². The lowest BCUT2D eigenvalue weighted by molar-refractivity contribution is 0.161. The topological polar surface area (TPSA) is 41.5 Å². The molecule has 0 aliphatic rings. The van der Waals surface area contributed by atoms with Gasteiger partial charge in [-0.2, -0.15) is 0 Å². The van der Waals surface area contributed by atoms with E-state index in [9.17, 15) is 0 Å². The molecule has 0 unspecified atom stereocenters. The van der Waals surface area contributed by atoms with Crippen molar-refractivity contribution in [1.29, 1.82) is 0 Å². The van der Waals surface area contributed by atoms with Crippen LogP contribution < -0.4 is 5.48 Å². The highest BCUT2D eigenvalue weighted by Gasteiger charge is 1.94. The molecule has 0 radical (unpaired) electrons. The molecule has 0 atom stereocenters. The van der Waals surface area contributed by atoms with E-state index in [-0.39, 0.29) is 0 Å². The maximum atomic E-state index is 8.50. The van der Waals surface area contributed by atoms with Crippen LogP contribution in [0.15, 0.2) is 24.3 Å². The summed E-state index contributed by atoms with van der Waals surface area (Å²) in [7, 11) is 1.72. The molecular formula is C11H17NO2. The minimum absolute atomic E-state index is 0.498. The van der Waals surface area contributed by atoms with Crippen molar-refractivity contribution in [2.45, 2.75) is 19.4 Å². The van der Waals surface area contributed by atoms with Crippen LogP contribution in [0.4, 0.5) is 0 Å². The molecule has 3 heteroatoms. The molecular weight excluding hydrogens is 178 g/mol. The van der Waals surface area contributed by atoms with E-state index in [4.69, 9.17) is 9.94 Å². The van der Waals surface area contributed by atoms with Crippen LogP contribution in [0.5, 0.6) is 0 Å². The lowest BCUT2D eigenvalue weighted by Crippen LogP contribution is -2.05. The van der Waals surface area contributed by atoms with Crippen molar-refractivity contribution in [1.82, 2.24) is 5.48 Å². The highest BCUT2D eigenvalue weighted by Crippen LogP contribution is 2.06. The Labute approximate surface area is 84.7 Å². The SMILES string of the molecule is COCCCc1ccc(CNO)cc1. The van der Waals surface area contributed by atoms with E-state index >= 15 is 0 Å². The number of benzene rings is 1. The summed E-state index contributed by atoms with van der Waals surface area (Å²) >= 11 is 0. The first-order valence-electron chi connectivity index (χ1n) is 4.80. The fraction of sp³-hybridized carbons (Fsp3) is 0.455. The average molecular weight is 195 g/mol. The number of aryl methyl sites for hydroxylation is 1. The second-order valence-corrected chi connectivity index (χ2v) is 3.25. The molecule has 3 nitrogen and oxygen atoms in total. The van der Waals surface area contributed by atoms with E-state index in [1.165, 1.54) is 5.56 Å². The third-order valence-electron chi connectivity index (χ3n) is 2.12. The summed E-state index contributed by atoms with van der Waals surface area (Å²) in [5, 5.41) is 8.50. The number of methoxy groups -OCH3 is 1. The van der Waals surface area contributed by atoms with Gasteiger partial charge in [0.25, 0.3) is 0 Å². The minimum atomic E-state index is 0.498. The van der Waals surface area contributed by atoms with Crippen molar-refractivity contribution in [2.24, 2.45) is 0 Å². The van der Waals surface area contributed by atoms with E-state index in [1.807, 2.05) is 12.1 Å². The maximum Gasteiger partial charge on any atom is 0.0465 e. The van der Waals surface area contributed by atoms with Gasteiger partial charge in [-0.05, 0) is 24.0 Å². The maximum absolute atomic E-state index is 8.50. The molecule has 1 aromatic rings. The number of hydrogen-bond donors (Lipinski definition) is 2. The summed E-state index contributed by atoms with van der Waals surface area (Å²) in [5.74, 6) is 0. The van der Waals surface area contributed by atoms with Crippen LogP contribution in [0.25, 0.3) is 0 Å². The highest BCUT2D eigenvalue weighted by molar-refractivity contribution is 5.22. The quantitative estimate of drug-likeness (QED) is 0.536. The fourth-order valence-corrected chi connectivity index (χ4v) is 1.34. The van der Waals surface area contributed by atoms with E-state index in [0.717, 1.165) is 25.0 Å². The molecule has 0 fully saturated rings. The minimum Gasteiger partial charge on any atom is -0.385 e. The molecule has 0 saturated carbocycles. The predicted molar refractivity (Wildman–Crippen MR) is 55.3 cm³/mol. The van der Waals surface area contributed by atoms with Crippen molar-refractivity contribution in [2.75, 3.05) is 13.7 Å². The fourth-order valence-electron chi connectivity index (χ4n) is 1.34. The van der Waals surface area contributed by atoms with Gasteiger partial charge in [-0.15, -0.1) is 0 Å². The smallest absolute Gasteiger partial charge is 0.0465 e. The standard InChI is InChI=1S/C11H17NO2/c1-14-8-2-3-10-4-6-11(7-5-10)9-12-13/h4-7,12-13H,2-3,8-9H2,1H3. The van der Waals surface area contributed by atoms with Gasteiger partial charge >= 0.3 is 0 Å². The van der Waals surface area contributed by atoms with Crippen LogP contribution in [0.2, 0.25) is 0 Å². The van der Waals surface area contributed by atoms with Crippen LogP contribution in [-0.4, -0.2) is 18.9 Å². The second kappa shape index (κ2) is 6.54. The monoisotopic (exact) mass is 195 g/mol. The largest absolute Gasteiger partial charge is 0.385 e. The van der Waals surface area contributed by atoms with E-state index in [1.54, 1.807) is 7.11 Å². The van der Waals surface area contributed by atoms with Gasteiger partial charge in [-0.25, -0.2) is 5.48 Å². The third kappa shape index (κ3) is 3.87. The van der Waals surface area contributed by atoms with Gasteiger partial charge in [0.15, 0.2) is 0 Å². The third-order valence-corrected chi connectivity index (χ3v) is 2.12. The summed E-state index contributed by atoms with van der Waals surface area (Å²) in [5.41, 5.74) is 4.53. The van der Waals surface area contributed by atoms with Gasteiger partial charge < -0.3 is 9.94 Å². The van der Waals surface area contributed by atoms with Crippen molar-refractivity contribution < 1.29 is 9.94 Å². The number of ether oxygens (including phenoxy) is 1. The molecule has 0 heterocycles.